The second-order valence-electron chi connectivity index (χ2n) is 11.5. The van der Waals surface area contributed by atoms with Gasteiger partial charge in [-0.25, -0.2) is 4.98 Å². The molecule has 4 aromatic rings. The standard InChI is InChI=1S/C33H34N4O2S/c38-30(36-33(16-6-7-17-33)31(39)35-32-34-18-20-40-32)24-14-15-26-27(21-24)37-19-8-12-22-9-4-5-13-25(22)29(37)28(26)23-10-2-1-3-11-23/h4-5,8-9,12-15,18,20-21,23H,1-3,6-7,10-11,16-17,19H2,(H,36,38)(H,34,35,39). The smallest absolute Gasteiger partial charge is 0.252 e. The number of nitrogens with zero attached hydrogens (tertiary/aromatic N) is 2. The number of rotatable bonds is 5. The number of carbonyl (C=O) groups excluding carboxylic acids is 2. The zero-order valence-corrected chi connectivity index (χ0v) is 23.4. The fourth-order valence-electron chi connectivity index (χ4n) is 7.12. The van der Waals surface area contributed by atoms with Gasteiger partial charge >= 0.3 is 0 Å². The highest BCUT2D eigenvalue weighted by molar-refractivity contribution is 7.13. The topological polar surface area (TPSA) is 76.0 Å². The molecule has 6 nitrogen and oxygen atoms in total. The fourth-order valence-corrected chi connectivity index (χ4v) is 7.65. The Balaban J connectivity index is 1.29. The first-order chi connectivity index (χ1) is 19.6. The molecule has 0 saturated heterocycles. The molecule has 3 heterocycles. The van der Waals surface area contributed by atoms with Crippen LogP contribution in [0.5, 0.6) is 0 Å². The summed E-state index contributed by atoms with van der Waals surface area (Å²) in [5.74, 6) is 0.152. The molecular weight excluding hydrogens is 516 g/mol. The normalized spacial score (nSPS) is 18.2. The van der Waals surface area contributed by atoms with Gasteiger partial charge in [0.15, 0.2) is 5.13 Å². The number of amides is 2. The van der Waals surface area contributed by atoms with E-state index in [-0.39, 0.29) is 11.8 Å². The lowest BCUT2D eigenvalue weighted by molar-refractivity contribution is -0.122. The Labute approximate surface area is 238 Å². The summed E-state index contributed by atoms with van der Waals surface area (Å²) in [6, 6.07) is 14.8. The van der Waals surface area contributed by atoms with E-state index in [0.29, 0.717) is 29.5 Å². The average Bonchev–Trinajstić information content (AvgIpc) is 3.71. The number of aromatic nitrogens is 2. The summed E-state index contributed by atoms with van der Waals surface area (Å²) in [4.78, 5) is 31.3. The monoisotopic (exact) mass is 550 g/mol. The van der Waals surface area contributed by atoms with Gasteiger partial charge in [-0.1, -0.05) is 74.6 Å². The Morgan fingerprint density at radius 1 is 1.00 bits per heavy atom. The predicted molar refractivity (Wildman–Crippen MR) is 162 cm³/mol. The summed E-state index contributed by atoms with van der Waals surface area (Å²) >= 11 is 1.39. The molecule has 0 radical (unpaired) electrons. The third kappa shape index (κ3) is 4.37. The van der Waals surface area contributed by atoms with Crippen molar-refractivity contribution in [3.05, 3.63) is 76.8 Å². The largest absolute Gasteiger partial charge is 0.338 e. The van der Waals surface area contributed by atoms with Gasteiger partial charge < -0.3 is 9.88 Å². The number of carbonyl (C=O) groups is 2. The van der Waals surface area contributed by atoms with Crippen LogP contribution in [0.25, 0.3) is 28.2 Å². The molecule has 2 aromatic carbocycles. The molecule has 7 heteroatoms. The van der Waals surface area contributed by atoms with Crippen LogP contribution >= 0.6 is 11.3 Å². The Bertz CT molecular complexity index is 1600. The van der Waals surface area contributed by atoms with Crippen LogP contribution in [0.15, 0.2) is 60.1 Å². The van der Waals surface area contributed by atoms with E-state index < -0.39 is 5.54 Å². The molecule has 0 unspecified atom stereocenters. The average molecular weight is 551 g/mol. The summed E-state index contributed by atoms with van der Waals surface area (Å²) in [6.07, 6.45) is 15.5. The molecular formula is C33H34N4O2S. The van der Waals surface area contributed by atoms with E-state index in [1.54, 1.807) is 6.20 Å². The van der Waals surface area contributed by atoms with Gasteiger partial charge in [0.2, 0.25) is 0 Å². The number of thiazole rings is 1. The molecule has 7 rings (SSSR count). The van der Waals surface area contributed by atoms with Crippen molar-refractivity contribution in [1.82, 2.24) is 14.9 Å². The van der Waals surface area contributed by atoms with Crippen LogP contribution in [-0.4, -0.2) is 26.9 Å². The number of anilines is 1. The molecule has 0 atom stereocenters. The van der Waals surface area contributed by atoms with Crippen LogP contribution < -0.4 is 10.6 Å². The number of benzene rings is 2. The SMILES string of the molecule is O=C(NC1(C(=O)Nc2nccs2)CCCC1)c1ccc2c(C3CCCCC3)c3n(c2c1)CC=Cc1ccccc1-3. The van der Waals surface area contributed by atoms with E-state index in [2.05, 4.69) is 62.7 Å². The van der Waals surface area contributed by atoms with Crippen molar-refractivity contribution in [3.63, 3.8) is 0 Å². The van der Waals surface area contributed by atoms with Crippen LogP contribution in [0.3, 0.4) is 0 Å². The Morgan fingerprint density at radius 2 is 1.82 bits per heavy atom. The maximum atomic E-state index is 13.8. The first-order valence-corrected chi connectivity index (χ1v) is 15.5. The quantitative estimate of drug-likeness (QED) is 0.270. The van der Waals surface area contributed by atoms with Crippen molar-refractivity contribution < 1.29 is 9.59 Å². The van der Waals surface area contributed by atoms with Crippen LogP contribution in [-0.2, 0) is 11.3 Å². The molecule has 2 fully saturated rings. The maximum Gasteiger partial charge on any atom is 0.252 e. The summed E-state index contributed by atoms with van der Waals surface area (Å²) < 4.78 is 2.40. The van der Waals surface area contributed by atoms with Crippen molar-refractivity contribution in [2.24, 2.45) is 0 Å². The lowest BCUT2D eigenvalue weighted by atomic mass is 9.81. The van der Waals surface area contributed by atoms with Crippen molar-refractivity contribution in [2.75, 3.05) is 5.32 Å². The zero-order chi connectivity index (χ0) is 27.1. The van der Waals surface area contributed by atoms with Crippen molar-refractivity contribution in [1.29, 1.82) is 0 Å². The minimum absolute atomic E-state index is 0.174. The third-order valence-corrected chi connectivity index (χ3v) is 9.77. The highest BCUT2D eigenvalue weighted by Crippen LogP contribution is 2.46. The van der Waals surface area contributed by atoms with Gasteiger partial charge in [-0.15, -0.1) is 11.3 Å². The minimum atomic E-state index is -0.914. The van der Waals surface area contributed by atoms with E-state index in [1.807, 2.05) is 17.5 Å². The summed E-state index contributed by atoms with van der Waals surface area (Å²) in [5, 5.41) is 9.74. The van der Waals surface area contributed by atoms with E-state index >= 15 is 0 Å². The zero-order valence-electron chi connectivity index (χ0n) is 22.6. The molecule has 2 saturated carbocycles. The number of hydrogen-bond acceptors (Lipinski definition) is 4. The molecule has 2 aromatic heterocycles. The van der Waals surface area contributed by atoms with Gasteiger partial charge in [-0.2, -0.15) is 0 Å². The molecule has 2 aliphatic carbocycles. The Hall–Kier alpha value is -3.71. The number of allylic oxidation sites excluding steroid dienone is 1. The van der Waals surface area contributed by atoms with Gasteiger partial charge in [0.25, 0.3) is 11.8 Å². The van der Waals surface area contributed by atoms with Crippen molar-refractivity contribution in [3.8, 4) is 11.3 Å². The molecule has 3 aliphatic rings. The molecule has 204 valence electrons. The van der Waals surface area contributed by atoms with Gasteiger partial charge in [0, 0.05) is 40.2 Å². The van der Waals surface area contributed by atoms with E-state index in [4.69, 9.17) is 0 Å². The number of nitrogens with one attached hydrogen (secondary N) is 2. The summed E-state index contributed by atoms with van der Waals surface area (Å²) in [5.41, 5.74) is 6.03. The minimum Gasteiger partial charge on any atom is -0.338 e. The molecule has 2 amide bonds. The maximum absolute atomic E-state index is 13.8. The summed E-state index contributed by atoms with van der Waals surface area (Å²) in [6.45, 7) is 0.762. The number of hydrogen-bond donors (Lipinski definition) is 2. The molecule has 1 aliphatic heterocycles. The highest BCUT2D eigenvalue weighted by atomic mass is 32.1. The second-order valence-corrected chi connectivity index (χ2v) is 12.4. The van der Waals surface area contributed by atoms with Crippen LogP contribution in [0.4, 0.5) is 5.13 Å². The van der Waals surface area contributed by atoms with Crippen molar-refractivity contribution >= 4 is 45.3 Å². The van der Waals surface area contributed by atoms with E-state index in [1.165, 1.54) is 71.2 Å². The first kappa shape index (κ1) is 25.3. The van der Waals surface area contributed by atoms with Crippen LogP contribution in [0, 0.1) is 0 Å². The van der Waals surface area contributed by atoms with Gasteiger partial charge in [0.1, 0.15) is 5.54 Å². The second kappa shape index (κ2) is 10.4. The van der Waals surface area contributed by atoms with Crippen LogP contribution in [0.1, 0.15) is 85.2 Å². The van der Waals surface area contributed by atoms with Gasteiger partial charge in [0.05, 0.1) is 5.69 Å². The number of fused-ring (bicyclic) bond motifs is 5. The van der Waals surface area contributed by atoms with E-state index in [9.17, 15) is 9.59 Å². The first-order valence-electron chi connectivity index (χ1n) is 14.6. The molecule has 2 N–H and O–H groups in total. The lowest BCUT2D eigenvalue weighted by Gasteiger charge is -2.28. The van der Waals surface area contributed by atoms with Gasteiger partial charge in [-0.05, 0) is 54.9 Å². The lowest BCUT2D eigenvalue weighted by Crippen LogP contribution is -2.55. The Morgan fingerprint density at radius 3 is 2.62 bits per heavy atom. The van der Waals surface area contributed by atoms with E-state index in [0.717, 1.165) is 24.9 Å². The third-order valence-electron chi connectivity index (χ3n) is 9.08. The molecule has 40 heavy (non-hydrogen) atoms. The van der Waals surface area contributed by atoms with Crippen molar-refractivity contribution in [2.45, 2.75) is 75.8 Å². The van der Waals surface area contributed by atoms with Crippen LogP contribution in [0.2, 0.25) is 0 Å². The predicted octanol–water partition coefficient (Wildman–Crippen LogP) is 7.52. The Kier molecular flexibility index (Phi) is 6.54. The summed E-state index contributed by atoms with van der Waals surface area (Å²) in [7, 11) is 0. The van der Waals surface area contributed by atoms with Gasteiger partial charge in [-0.3, -0.25) is 14.9 Å². The molecule has 0 bridgehead atoms. The fraction of sp³-hybridized carbons (Fsp3) is 0.364. The highest BCUT2D eigenvalue weighted by Gasteiger charge is 2.43. The molecule has 0 spiro atoms.